The molecule has 4 nitrogen and oxygen atoms in total. The van der Waals surface area contributed by atoms with Crippen LogP contribution in [0.15, 0.2) is 24.3 Å². The maximum Gasteiger partial charge on any atom is 0.123 e. The fraction of sp³-hybridized carbons (Fsp3) is 0.562. The van der Waals surface area contributed by atoms with Crippen LogP contribution in [0.4, 0.5) is 0 Å². The van der Waals surface area contributed by atoms with Gasteiger partial charge in [0.2, 0.25) is 0 Å². The summed E-state index contributed by atoms with van der Waals surface area (Å²) >= 11 is 5.09. The van der Waals surface area contributed by atoms with Gasteiger partial charge in [-0.15, -0.1) is 0 Å². The van der Waals surface area contributed by atoms with Gasteiger partial charge in [0.25, 0.3) is 0 Å². The monoisotopic (exact) mass is 305 g/mol. The number of nitrogens with zero attached hydrogens (tertiary/aromatic N) is 2. The Balaban J connectivity index is 1.48. The number of thiocarbonyl (C=S) groups is 1. The van der Waals surface area contributed by atoms with Gasteiger partial charge in [-0.25, -0.2) is 0 Å². The highest BCUT2D eigenvalue weighted by Crippen LogP contribution is 2.28. The Morgan fingerprint density at radius 3 is 2.71 bits per heavy atom. The normalized spacial score (nSPS) is 24.3. The van der Waals surface area contributed by atoms with Crippen LogP contribution in [-0.2, 0) is 6.42 Å². The molecule has 2 aliphatic heterocycles. The Bertz CT molecular complexity index is 489. The highest BCUT2D eigenvalue weighted by atomic mass is 32.1. The van der Waals surface area contributed by atoms with Gasteiger partial charge in [0.05, 0.1) is 11.0 Å². The van der Waals surface area contributed by atoms with E-state index in [1.165, 1.54) is 5.56 Å². The largest absolute Gasteiger partial charge is 0.488 e. The Kier molecular flexibility index (Phi) is 4.42. The van der Waals surface area contributed by atoms with Crippen molar-refractivity contribution in [3.63, 3.8) is 0 Å². The van der Waals surface area contributed by atoms with Crippen LogP contribution in [0.3, 0.4) is 0 Å². The second-order valence-corrected chi connectivity index (χ2v) is 6.44. The Morgan fingerprint density at radius 1 is 1.33 bits per heavy atom. The van der Waals surface area contributed by atoms with Crippen molar-refractivity contribution in [2.24, 2.45) is 5.73 Å². The van der Waals surface area contributed by atoms with Gasteiger partial charge in [0.1, 0.15) is 11.9 Å². The minimum atomic E-state index is 0.203. The molecule has 0 aliphatic carbocycles. The highest BCUT2D eigenvalue weighted by Gasteiger charge is 2.27. The lowest BCUT2D eigenvalue weighted by molar-refractivity contribution is 0.0867. The first kappa shape index (κ1) is 14.8. The number of piperazine rings is 1. The minimum absolute atomic E-state index is 0.203. The summed E-state index contributed by atoms with van der Waals surface area (Å²) in [6, 6.07) is 8.56. The number of para-hydroxylation sites is 1. The summed E-state index contributed by atoms with van der Waals surface area (Å²) < 4.78 is 6.03. The maximum atomic E-state index is 6.03. The first-order chi connectivity index (χ1) is 10.1. The van der Waals surface area contributed by atoms with E-state index in [1.54, 1.807) is 0 Å². The molecule has 0 bridgehead atoms. The molecule has 3 rings (SSSR count). The van der Waals surface area contributed by atoms with Gasteiger partial charge in [-0.2, -0.15) is 0 Å². The quantitative estimate of drug-likeness (QED) is 0.849. The van der Waals surface area contributed by atoms with Crippen molar-refractivity contribution in [1.29, 1.82) is 0 Å². The second kappa shape index (κ2) is 6.30. The van der Waals surface area contributed by atoms with E-state index in [4.69, 9.17) is 22.7 Å². The summed E-state index contributed by atoms with van der Waals surface area (Å²) in [5.41, 5.74) is 7.07. The van der Waals surface area contributed by atoms with Gasteiger partial charge in [0, 0.05) is 39.1 Å². The van der Waals surface area contributed by atoms with Crippen molar-refractivity contribution in [3.05, 3.63) is 29.8 Å². The van der Waals surface area contributed by atoms with Gasteiger partial charge in [-0.05, 0) is 18.6 Å². The molecular formula is C16H23N3OS. The van der Waals surface area contributed by atoms with Crippen molar-refractivity contribution in [2.45, 2.75) is 25.5 Å². The first-order valence-corrected chi connectivity index (χ1v) is 8.04. The molecule has 0 amide bonds. The van der Waals surface area contributed by atoms with Crippen molar-refractivity contribution in [1.82, 2.24) is 9.80 Å². The molecule has 2 aliphatic rings. The van der Waals surface area contributed by atoms with Crippen LogP contribution >= 0.6 is 12.2 Å². The fourth-order valence-electron chi connectivity index (χ4n) is 3.16. The molecule has 0 spiro atoms. The minimum Gasteiger partial charge on any atom is -0.488 e. The Morgan fingerprint density at radius 2 is 2.05 bits per heavy atom. The molecular weight excluding hydrogens is 282 g/mol. The van der Waals surface area contributed by atoms with Gasteiger partial charge in [-0.3, -0.25) is 9.80 Å². The van der Waals surface area contributed by atoms with E-state index >= 15 is 0 Å². The third-order valence-electron chi connectivity index (χ3n) is 4.54. The van der Waals surface area contributed by atoms with E-state index in [2.05, 4.69) is 34.9 Å². The van der Waals surface area contributed by atoms with Crippen LogP contribution in [0.25, 0.3) is 0 Å². The lowest BCUT2D eigenvalue weighted by Crippen LogP contribution is -2.54. The van der Waals surface area contributed by atoms with Gasteiger partial charge >= 0.3 is 0 Å². The van der Waals surface area contributed by atoms with Gasteiger partial charge in [-0.1, -0.05) is 30.4 Å². The SMILES string of the molecule is CC(C(N)=S)N1CCN(CC2Cc3ccccc3O2)CC1. The number of hydrogen-bond acceptors (Lipinski definition) is 4. The molecule has 2 atom stereocenters. The predicted octanol–water partition coefficient (Wildman–Crippen LogP) is 1.28. The molecule has 0 saturated carbocycles. The number of fused-ring (bicyclic) bond motifs is 1. The Hall–Kier alpha value is -1.17. The van der Waals surface area contributed by atoms with E-state index < -0.39 is 0 Å². The molecule has 5 heteroatoms. The lowest BCUT2D eigenvalue weighted by Gasteiger charge is -2.38. The molecule has 114 valence electrons. The third kappa shape index (κ3) is 3.36. The fourth-order valence-corrected chi connectivity index (χ4v) is 3.31. The van der Waals surface area contributed by atoms with Crippen molar-refractivity contribution >= 4 is 17.2 Å². The van der Waals surface area contributed by atoms with E-state index in [0.29, 0.717) is 11.1 Å². The molecule has 0 aromatic heterocycles. The maximum absolute atomic E-state index is 6.03. The molecule has 1 aromatic rings. The topological polar surface area (TPSA) is 41.7 Å². The average Bonchev–Trinajstić information content (AvgIpc) is 2.89. The van der Waals surface area contributed by atoms with Gasteiger partial charge in [0.15, 0.2) is 0 Å². The Labute approximate surface area is 131 Å². The molecule has 21 heavy (non-hydrogen) atoms. The number of rotatable bonds is 4. The van der Waals surface area contributed by atoms with Crippen LogP contribution in [0.5, 0.6) is 5.75 Å². The molecule has 2 unspecified atom stereocenters. The first-order valence-electron chi connectivity index (χ1n) is 7.64. The molecule has 1 fully saturated rings. The summed E-state index contributed by atoms with van der Waals surface area (Å²) in [5, 5.41) is 0. The van der Waals surface area contributed by atoms with E-state index in [1.807, 2.05) is 6.07 Å². The zero-order chi connectivity index (χ0) is 14.8. The standard InChI is InChI=1S/C16H23N3OS/c1-12(16(17)21)19-8-6-18(7-9-19)11-14-10-13-4-2-3-5-15(13)20-14/h2-5,12,14H,6-11H2,1H3,(H2,17,21). The summed E-state index contributed by atoms with van der Waals surface area (Å²) in [6.07, 6.45) is 1.32. The van der Waals surface area contributed by atoms with E-state index in [-0.39, 0.29) is 6.04 Å². The van der Waals surface area contributed by atoms with Crippen LogP contribution in [-0.4, -0.2) is 59.7 Å². The summed E-state index contributed by atoms with van der Waals surface area (Å²) in [6.45, 7) is 7.27. The smallest absolute Gasteiger partial charge is 0.123 e. The molecule has 2 N–H and O–H groups in total. The molecule has 2 heterocycles. The van der Waals surface area contributed by atoms with Crippen molar-refractivity contribution < 1.29 is 4.74 Å². The van der Waals surface area contributed by atoms with E-state index in [9.17, 15) is 0 Å². The van der Waals surface area contributed by atoms with Crippen LogP contribution in [0.2, 0.25) is 0 Å². The van der Waals surface area contributed by atoms with Crippen LogP contribution in [0.1, 0.15) is 12.5 Å². The third-order valence-corrected chi connectivity index (χ3v) is 4.88. The summed E-state index contributed by atoms with van der Waals surface area (Å²) in [4.78, 5) is 5.45. The van der Waals surface area contributed by atoms with Crippen molar-refractivity contribution in [3.8, 4) is 5.75 Å². The molecule has 1 aromatic carbocycles. The number of nitrogens with two attached hydrogens (primary N) is 1. The molecule has 1 saturated heterocycles. The van der Waals surface area contributed by atoms with E-state index in [0.717, 1.165) is 44.9 Å². The average molecular weight is 305 g/mol. The number of benzene rings is 1. The van der Waals surface area contributed by atoms with Gasteiger partial charge < -0.3 is 10.5 Å². The number of ether oxygens (including phenoxy) is 1. The zero-order valence-electron chi connectivity index (χ0n) is 12.5. The highest BCUT2D eigenvalue weighted by molar-refractivity contribution is 7.80. The number of hydrogen-bond donors (Lipinski definition) is 1. The molecule has 0 radical (unpaired) electrons. The zero-order valence-corrected chi connectivity index (χ0v) is 13.3. The lowest BCUT2D eigenvalue weighted by atomic mass is 10.1. The van der Waals surface area contributed by atoms with Crippen molar-refractivity contribution in [2.75, 3.05) is 32.7 Å². The summed E-state index contributed by atoms with van der Waals surface area (Å²) in [7, 11) is 0. The predicted molar refractivity (Wildman–Crippen MR) is 88.8 cm³/mol. The second-order valence-electron chi connectivity index (χ2n) is 5.97. The summed E-state index contributed by atoms with van der Waals surface area (Å²) in [5.74, 6) is 1.06. The van der Waals surface area contributed by atoms with Crippen LogP contribution < -0.4 is 10.5 Å². The van der Waals surface area contributed by atoms with Crippen LogP contribution in [0, 0.1) is 0 Å².